The molecule has 3 atom stereocenters. The highest BCUT2D eigenvalue weighted by Gasteiger charge is 2.57. The van der Waals surface area contributed by atoms with E-state index in [9.17, 15) is 4.79 Å². The van der Waals surface area contributed by atoms with Gasteiger partial charge in [0.1, 0.15) is 0 Å². The number of fused-ring (bicyclic) bond motifs is 1. The zero-order valence-electron chi connectivity index (χ0n) is 10.9. The first kappa shape index (κ1) is 11.8. The third-order valence-electron chi connectivity index (χ3n) is 4.85. The van der Waals surface area contributed by atoms with Crippen LogP contribution in [0.2, 0.25) is 0 Å². The fourth-order valence-electron chi connectivity index (χ4n) is 3.68. The minimum Gasteiger partial charge on any atom is -0.469 e. The quantitative estimate of drug-likeness (QED) is 0.763. The molecule has 0 bridgehead atoms. The minimum absolute atomic E-state index is 0.00443. The van der Waals surface area contributed by atoms with Gasteiger partial charge < -0.3 is 4.74 Å². The molecule has 2 unspecified atom stereocenters. The number of ether oxygens (including phenoxy) is 1. The SMILES string of the molecule is COC(=O)C1CC[C@]2(Cc3ccccc3)CC2C1. The van der Waals surface area contributed by atoms with Gasteiger partial charge in [0.25, 0.3) is 0 Å². The molecule has 1 aromatic rings. The fraction of sp³-hybridized carbons (Fsp3) is 0.562. The Bertz CT molecular complexity index is 440. The predicted octanol–water partition coefficient (Wildman–Crippen LogP) is 3.21. The van der Waals surface area contributed by atoms with Crippen molar-refractivity contribution in [3.05, 3.63) is 35.9 Å². The average molecular weight is 244 g/mol. The second kappa shape index (κ2) is 4.42. The molecule has 0 spiro atoms. The average Bonchev–Trinajstić information content (AvgIpc) is 3.11. The Kier molecular flexibility index (Phi) is 2.89. The van der Waals surface area contributed by atoms with Gasteiger partial charge in [-0.25, -0.2) is 0 Å². The monoisotopic (exact) mass is 244 g/mol. The normalized spacial score (nSPS) is 33.6. The lowest BCUT2D eigenvalue weighted by Crippen LogP contribution is -2.25. The van der Waals surface area contributed by atoms with Crippen molar-refractivity contribution in [2.75, 3.05) is 7.11 Å². The van der Waals surface area contributed by atoms with Gasteiger partial charge in [-0.05, 0) is 49.0 Å². The first-order valence-electron chi connectivity index (χ1n) is 6.85. The van der Waals surface area contributed by atoms with Gasteiger partial charge in [0, 0.05) is 0 Å². The number of hydrogen-bond acceptors (Lipinski definition) is 2. The topological polar surface area (TPSA) is 26.3 Å². The summed E-state index contributed by atoms with van der Waals surface area (Å²) in [6, 6.07) is 10.7. The van der Waals surface area contributed by atoms with Gasteiger partial charge in [0.15, 0.2) is 0 Å². The molecule has 2 aliphatic rings. The summed E-state index contributed by atoms with van der Waals surface area (Å²) in [5.74, 6) is 0.900. The fourth-order valence-corrected chi connectivity index (χ4v) is 3.68. The standard InChI is InChI=1S/C16H20O2/c1-18-15(17)13-7-8-16(11-14(16)9-13)10-12-5-3-2-4-6-12/h2-6,13-14H,7-11H2,1H3/t13?,14?,16-/m0/s1. The summed E-state index contributed by atoms with van der Waals surface area (Å²) in [6.45, 7) is 0. The molecule has 2 fully saturated rings. The number of benzene rings is 1. The number of rotatable bonds is 3. The largest absolute Gasteiger partial charge is 0.469 e. The van der Waals surface area contributed by atoms with Gasteiger partial charge in [-0.1, -0.05) is 30.3 Å². The number of hydrogen-bond donors (Lipinski definition) is 0. The van der Waals surface area contributed by atoms with E-state index in [-0.39, 0.29) is 11.9 Å². The van der Waals surface area contributed by atoms with Gasteiger partial charge in [-0.15, -0.1) is 0 Å². The Balaban J connectivity index is 1.63. The highest BCUT2D eigenvalue weighted by atomic mass is 16.5. The van der Waals surface area contributed by atoms with Crippen LogP contribution in [0.5, 0.6) is 0 Å². The van der Waals surface area contributed by atoms with E-state index < -0.39 is 0 Å². The maximum atomic E-state index is 11.6. The Morgan fingerprint density at radius 1 is 1.39 bits per heavy atom. The summed E-state index contributed by atoms with van der Waals surface area (Å²) < 4.78 is 4.87. The van der Waals surface area contributed by atoms with Crippen molar-refractivity contribution >= 4 is 5.97 Å². The molecular formula is C16H20O2. The van der Waals surface area contributed by atoms with E-state index in [0.717, 1.165) is 18.8 Å². The third kappa shape index (κ3) is 2.05. The lowest BCUT2D eigenvalue weighted by Gasteiger charge is -2.26. The van der Waals surface area contributed by atoms with E-state index in [0.29, 0.717) is 5.41 Å². The minimum atomic E-state index is -0.00443. The van der Waals surface area contributed by atoms with Crippen molar-refractivity contribution in [3.8, 4) is 0 Å². The van der Waals surface area contributed by atoms with Crippen molar-refractivity contribution in [2.45, 2.75) is 32.1 Å². The van der Waals surface area contributed by atoms with Crippen LogP contribution in [0.1, 0.15) is 31.2 Å². The van der Waals surface area contributed by atoms with E-state index in [4.69, 9.17) is 4.74 Å². The van der Waals surface area contributed by atoms with Crippen LogP contribution >= 0.6 is 0 Å². The highest BCUT2D eigenvalue weighted by molar-refractivity contribution is 5.72. The molecule has 0 N–H and O–H groups in total. The number of esters is 1. The molecule has 2 aliphatic carbocycles. The molecule has 0 saturated heterocycles. The van der Waals surface area contributed by atoms with Crippen LogP contribution in [-0.4, -0.2) is 13.1 Å². The van der Waals surface area contributed by atoms with Gasteiger partial charge in [-0.2, -0.15) is 0 Å². The van der Waals surface area contributed by atoms with Gasteiger partial charge in [0.05, 0.1) is 13.0 Å². The molecule has 0 aromatic heterocycles. The molecule has 2 heteroatoms. The molecule has 2 saturated carbocycles. The van der Waals surface area contributed by atoms with Crippen LogP contribution in [-0.2, 0) is 16.0 Å². The van der Waals surface area contributed by atoms with Crippen LogP contribution in [0.25, 0.3) is 0 Å². The van der Waals surface area contributed by atoms with Crippen LogP contribution in [0.15, 0.2) is 30.3 Å². The van der Waals surface area contributed by atoms with E-state index in [1.165, 1.54) is 31.9 Å². The van der Waals surface area contributed by atoms with E-state index in [1.807, 2.05) is 0 Å². The summed E-state index contributed by atoms with van der Waals surface area (Å²) >= 11 is 0. The summed E-state index contributed by atoms with van der Waals surface area (Å²) in [5.41, 5.74) is 1.95. The summed E-state index contributed by atoms with van der Waals surface area (Å²) in [4.78, 5) is 11.6. The lowest BCUT2D eigenvalue weighted by atomic mass is 9.79. The summed E-state index contributed by atoms with van der Waals surface area (Å²) in [6.07, 6.45) is 5.73. The predicted molar refractivity (Wildman–Crippen MR) is 70.0 cm³/mol. The first-order chi connectivity index (χ1) is 8.73. The summed E-state index contributed by atoms with van der Waals surface area (Å²) in [7, 11) is 1.50. The van der Waals surface area contributed by atoms with Crippen LogP contribution < -0.4 is 0 Å². The molecule has 0 heterocycles. The number of carbonyl (C=O) groups excluding carboxylic acids is 1. The number of carbonyl (C=O) groups is 1. The van der Waals surface area contributed by atoms with Crippen molar-refractivity contribution in [3.63, 3.8) is 0 Å². The zero-order chi connectivity index (χ0) is 12.6. The second-order valence-electron chi connectivity index (χ2n) is 5.92. The van der Waals surface area contributed by atoms with Crippen LogP contribution in [0, 0.1) is 17.3 Å². The highest BCUT2D eigenvalue weighted by Crippen LogP contribution is 2.64. The summed E-state index contributed by atoms with van der Waals surface area (Å²) in [5, 5.41) is 0. The Morgan fingerprint density at radius 3 is 2.83 bits per heavy atom. The second-order valence-corrected chi connectivity index (χ2v) is 5.92. The molecule has 0 radical (unpaired) electrons. The zero-order valence-corrected chi connectivity index (χ0v) is 10.9. The van der Waals surface area contributed by atoms with Gasteiger partial charge in [0.2, 0.25) is 0 Å². The maximum absolute atomic E-state index is 11.6. The van der Waals surface area contributed by atoms with E-state index in [1.54, 1.807) is 0 Å². The molecular weight excluding hydrogens is 224 g/mol. The van der Waals surface area contributed by atoms with Crippen molar-refractivity contribution in [2.24, 2.45) is 17.3 Å². The van der Waals surface area contributed by atoms with Gasteiger partial charge in [-0.3, -0.25) is 4.79 Å². The molecule has 96 valence electrons. The lowest BCUT2D eigenvalue weighted by molar-refractivity contribution is -0.146. The number of methoxy groups -OCH3 is 1. The molecule has 2 nitrogen and oxygen atoms in total. The third-order valence-corrected chi connectivity index (χ3v) is 4.85. The Labute approximate surface area is 108 Å². The molecule has 3 rings (SSSR count). The van der Waals surface area contributed by atoms with E-state index in [2.05, 4.69) is 30.3 Å². The molecule has 0 aliphatic heterocycles. The Hall–Kier alpha value is -1.31. The molecule has 1 aromatic carbocycles. The van der Waals surface area contributed by atoms with Crippen LogP contribution in [0.3, 0.4) is 0 Å². The molecule has 0 amide bonds. The maximum Gasteiger partial charge on any atom is 0.308 e. The van der Waals surface area contributed by atoms with Crippen LogP contribution in [0.4, 0.5) is 0 Å². The smallest absolute Gasteiger partial charge is 0.308 e. The van der Waals surface area contributed by atoms with E-state index >= 15 is 0 Å². The van der Waals surface area contributed by atoms with Gasteiger partial charge >= 0.3 is 5.97 Å². The molecule has 18 heavy (non-hydrogen) atoms. The van der Waals surface area contributed by atoms with Crippen molar-refractivity contribution in [1.82, 2.24) is 0 Å². The van der Waals surface area contributed by atoms with Crippen molar-refractivity contribution < 1.29 is 9.53 Å². The first-order valence-corrected chi connectivity index (χ1v) is 6.85. The Morgan fingerprint density at radius 2 is 2.17 bits per heavy atom. The van der Waals surface area contributed by atoms with Crippen molar-refractivity contribution in [1.29, 1.82) is 0 Å².